The maximum absolute atomic E-state index is 11.8. The summed E-state index contributed by atoms with van der Waals surface area (Å²) in [7, 11) is 0. The predicted molar refractivity (Wildman–Crippen MR) is 79.2 cm³/mol. The van der Waals surface area contributed by atoms with E-state index in [4.69, 9.17) is 4.74 Å². The number of piperazine rings is 1. The summed E-state index contributed by atoms with van der Waals surface area (Å²) in [6.07, 6.45) is 0.110. The molecule has 1 atom stereocenters. The van der Waals surface area contributed by atoms with Crippen molar-refractivity contribution in [1.82, 2.24) is 16.0 Å². The molecular weight excluding hydrogens is 270 g/mol. The van der Waals surface area contributed by atoms with Crippen LogP contribution in [0.1, 0.15) is 5.56 Å². The summed E-state index contributed by atoms with van der Waals surface area (Å²) in [5.41, 5.74) is 1.11. The highest BCUT2D eigenvalue weighted by atomic mass is 16.5. The van der Waals surface area contributed by atoms with Gasteiger partial charge in [0.25, 0.3) is 0 Å². The lowest BCUT2D eigenvalue weighted by Crippen LogP contribution is -2.54. The fourth-order valence-electron chi connectivity index (χ4n) is 2.12. The summed E-state index contributed by atoms with van der Waals surface area (Å²) in [5.74, 6) is -0.0396. The van der Waals surface area contributed by atoms with Crippen LogP contribution in [0.3, 0.4) is 0 Å². The summed E-state index contributed by atoms with van der Waals surface area (Å²) in [5, 5.41) is 8.72. The van der Waals surface area contributed by atoms with Gasteiger partial charge in [-0.05, 0) is 5.56 Å². The summed E-state index contributed by atoms with van der Waals surface area (Å²) in [4.78, 5) is 23.3. The molecule has 1 aliphatic rings. The average molecular weight is 291 g/mol. The Morgan fingerprint density at radius 3 is 2.76 bits per heavy atom. The average Bonchev–Trinajstić information content (AvgIpc) is 2.54. The third-order valence-electron chi connectivity index (χ3n) is 3.30. The molecule has 1 amide bonds. The first-order valence-electron chi connectivity index (χ1n) is 7.17. The number of amides is 1. The van der Waals surface area contributed by atoms with Gasteiger partial charge in [-0.1, -0.05) is 30.3 Å². The van der Waals surface area contributed by atoms with Gasteiger partial charge >= 0.3 is 6.09 Å². The molecule has 0 aromatic heterocycles. The molecule has 0 radical (unpaired) electrons. The fraction of sp³-hybridized carbons (Fsp3) is 0.467. The Morgan fingerprint density at radius 2 is 2.05 bits per heavy atom. The van der Waals surface area contributed by atoms with Crippen LogP contribution in [0, 0.1) is 0 Å². The minimum absolute atomic E-state index is 0.0104. The first kappa shape index (κ1) is 15.5. The topological polar surface area (TPSA) is 79.5 Å². The molecule has 1 aromatic rings. The Morgan fingerprint density at radius 1 is 1.24 bits per heavy atom. The predicted octanol–water partition coefficient (Wildman–Crippen LogP) is 0.0858. The van der Waals surface area contributed by atoms with E-state index in [2.05, 4.69) is 16.0 Å². The van der Waals surface area contributed by atoms with Gasteiger partial charge in [0.15, 0.2) is 5.78 Å². The van der Waals surface area contributed by atoms with Gasteiger partial charge in [-0.2, -0.15) is 0 Å². The zero-order chi connectivity index (χ0) is 14.9. The minimum Gasteiger partial charge on any atom is -0.449 e. The van der Waals surface area contributed by atoms with Gasteiger partial charge in [-0.3, -0.25) is 4.79 Å². The maximum atomic E-state index is 11.8. The normalized spacial score (nSPS) is 18.0. The molecule has 1 heterocycles. The second kappa shape index (κ2) is 8.39. The highest BCUT2D eigenvalue weighted by Crippen LogP contribution is 1.99. The van der Waals surface area contributed by atoms with Crippen LogP contribution in [-0.2, 0) is 16.0 Å². The molecule has 1 aromatic carbocycles. The molecule has 114 valence electrons. The van der Waals surface area contributed by atoms with Gasteiger partial charge in [0.1, 0.15) is 0 Å². The van der Waals surface area contributed by atoms with Crippen molar-refractivity contribution in [3.63, 3.8) is 0 Å². The van der Waals surface area contributed by atoms with Crippen molar-refractivity contribution in [2.24, 2.45) is 0 Å². The molecule has 1 fully saturated rings. The van der Waals surface area contributed by atoms with Gasteiger partial charge < -0.3 is 20.7 Å². The number of nitrogens with one attached hydrogen (secondary N) is 3. The molecule has 0 spiro atoms. The second-order valence-electron chi connectivity index (χ2n) is 4.90. The molecule has 6 nitrogen and oxygen atoms in total. The summed E-state index contributed by atoms with van der Waals surface area (Å²) in [6, 6.07) is 9.55. The zero-order valence-electron chi connectivity index (χ0n) is 11.9. The molecule has 0 bridgehead atoms. The zero-order valence-corrected chi connectivity index (χ0v) is 11.9. The van der Waals surface area contributed by atoms with E-state index in [1.807, 2.05) is 30.3 Å². The van der Waals surface area contributed by atoms with E-state index in [9.17, 15) is 9.59 Å². The van der Waals surface area contributed by atoms with Crippen molar-refractivity contribution < 1.29 is 14.3 Å². The van der Waals surface area contributed by atoms with Crippen LogP contribution in [0.4, 0.5) is 4.79 Å². The van der Waals surface area contributed by atoms with E-state index >= 15 is 0 Å². The van der Waals surface area contributed by atoms with Crippen LogP contribution in [0.2, 0.25) is 0 Å². The fourth-order valence-corrected chi connectivity index (χ4v) is 2.12. The SMILES string of the molecule is O=C(NCC(=O)C1CNCCN1)OCCc1ccccc1. The van der Waals surface area contributed by atoms with Gasteiger partial charge in [-0.15, -0.1) is 0 Å². The van der Waals surface area contributed by atoms with Crippen LogP contribution in [0.5, 0.6) is 0 Å². The van der Waals surface area contributed by atoms with Gasteiger partial charge in [-0.25, -0.2) is 4.79 Å². The highest BCUT2D eigenvalue weighted by molar-refractivity contribution is 5.88. The quantitative estimate of drug-likeness (QED) is 0.692. The molecular formula is C15H21N3O3. The molecule has 2 rings (SSSR count). The Labute approximate surface area is 124 Å². The summed E-state index contributed by atoms with van der Waals surface area (Å²) < 4.78 is 5.05. The van der Waals surface area contributed by atoms with Crippen molar-refractivity contribution >= 4 is 11.9 Å². The van der Waals surface area contributed by atoms with E-state index in [-0.39, 0.29) is 18.4 Å². The van der Waals surface area contributed by atoms with E-state index in [0.717, 1.165) is 18.7 Å². The first-order valence-corrected chi connectivity index (χ1v) is 7.17. The van der Waals surface area contributed by atoms with E-state index in [1.54, 1.807) is 0 Å². The smallest absolute Gasteiger partial charge is 0.407 e. The Kier molecular flexibility index (Phi) is 6.18. The number of Topliss-reactive ketones (excluding diaryl/α,β-unsaturated/α-hetero) is 1. The van der Waals surface area contributed by atoms with Crippen molar-refractivity contribution in [1.29, 1.82) is 0 Å². The third-order valence-corrected chi connectivity index (χ3v) is 3.30. The third kappa shape index (κ3) is 5.53. The van der Waals surface area contributed by atoms with E-state index in [1.165, 1.54) is 0 Å². The number of rotatable bonds is 6. The number of carbonyl (C=O) groups is 2. The summed E-state index contributed by atoms with van der Waals surface area (Å²) in [6.45, 7) is 2.51. The number of carbonyl (C=O) groups excluding carboxylic acids is 2. The maximum Gasteiger partial charge on any atom is 0.407 e. The number of benzene rings is 1. The molecule has 0 saturated carbocycles. The molecule has 0 aliphatic carbocycles. The van der Waals surface area contributed by atoms with Crippen LogP contribution < -0.4 is 16.0 Å². The number of hydrogen-bond acceptors (Lipinski definition) is 5. The lowest BCUT2D eigenvalue weighted by Gasteiger charge is -2.23. The molecule has 6 heteroatoms. The van der Waals surface area contributed by atoms with Crippen molar-refractivity contribution in [3.8, 4) is 0 Å². The minimum atomic E-state index is -0.553. The van der Waals surface area contributed by atoms with Crippen LogP contribution in [0.15, 0.2) is 30.3 Å². The Balaban J connectivity index is 1.60. The first-order chi connectivity index (χ1) is 10.3. The van der Waals surface area contributed by atoms with Gasteiger partial charge in [0, 0.05) is 26.1 Å². The van der Waals surface area contributed by atoms with Crippen molar-refractivity contribution in [2.75, 3.05) is 32.8 Å². The molecule has 1 unspecified atom stereocenters. The highest BCUT2D eigenvalue weighted by Gasteiger charge is 2.20. The second-order valence-corrected chi connectivity index (χ2v) is 4.90. The number of ether oxygens (including phenoxy) is 1. The molecule has 1 saturated heterocycles. The number of ketones is 1. The molecule has 21 heavy (non-hydrogen) atoms. The lowest BCUT2D eigenvalue weighted by molar-refractivity contribution is -0.120. The van der Waals surface area contributed by atoms with E-state index in [0.29, 0.717) is 19.6 Å². The van der Waals surface area contributed by atoms with Gasteiger partial charge in [0.2, 0.25) is 0 Å². The lowest BCUT2D eigenvalue weighted by atomic mass is 10.1. The molecule has 3 N–H and O–H groups in total. The summed E-state index contributed by atoms with van der Waals surface area (Å²) >= 11 is 0. The largest absolute Gasteiger partial charge is 0.449 e. The molecule has 1 aliphatic heterocycles. The Hall–Kier alpha value is -1.92. The number of alkyl carbamates (subject to hydrolysis) is 1. The monoisotopic (exact) mass is 291 g/mol. The van der Waals surface area contributed by atoms with Crippen LogP contribution >= 0.6 is 0 Å². The Bertz CT molecular complexity index is 458. The number of hydrogen-bond donors (Lipinski definition) is 3. The van der Waals surface area contributed by atoms with Crippen molar-refractivity contribution in [3.05, 3.63) is 35.9 Å². The van der Waals surface area contributed by atoms with Crippen molar-refractivity contribution in [2.45, 2.75) is 12.5 Å². The van der Waals surface area contributed by atoms with Gasteiger partial charge in [0.05, 0.1) is 19.2 Å². The van der Waals surface area contributed by atoms with Crippen LogP contribution in [0.25, 0.3) is 0 Å². The van der Waals surface area contributed by atoms with Crippen LogP contribution in [-0.4, -0.2) is 50.7 Å². The van der Waals surface area contributed by atoms with E-state index < -0.39 is 6.09 Å². The standard InChI is InChI=1S/C15H21N3O3/c19-14(13-10-16-7-8-17-13)11-18-15(20)21-9-6-12-4-2-1-3-5-12/h1-5,13,16-17H,6-11H2,(H,18,20).